The van der Waals surface area contributed by atoms with Crippen LogP contribution in [0.15, 0.2) is 41.1 Å². The lowest BCUT2D eigenvalue weighted by molar-refractivity contribution is 0.226. The molecule has 2 rings (SSSR count). The van der Waals surface area contributed by atoms with E-state index in [4.69, 9.17) is 0 Å². The second kappa shape index (κ2) is 8.32. The minimum atomic E-state index is 1.03. The van der Waals surface area contributed by atoms with Crippen molar-refractivity contribution in [3.8, 4) is 0 Å². The van der Waals surface area contributed by atoms with E-state index in [1.807, 2.05) is 0 Å². The summed E-state index contributed by atoms with van der Waals surface area (Å²) >= 11 is 1.78. The summed E-state index contributed by atoms with van der Waals surface area (Å²) < 4.78 is 0. The molecule has 0 atom stereocenters. The van der Waals surface area contributed by atoms with Gasteiger partial charge in [-0.2, -0.15) is 11.3 Å². The predicted molar refractivity (Wildman–Crippen MR) is 92.8 cm³/mol. The van der Waals surface area contributed by atoms with Crippen molar-refractivity contribution in [1.82, 2.24) is 9.80 Å². The monoisotopic (exact) mass is 302 g/mol. The molecule has 0 bridgehead atoms. The predicted octanol–water partition coefficient (Wildman–Crippen LogP) is 3.87. The zero-order valence-electron chi connectivity index (χ0n) is 13.4. The van der Waals surface area contributed by atoms with Gasteiger partial charge in [0.2, 0.25) is 0 Å². The molecule has 0 aliphatic heterocycles. The molecule has 21 heavy (non-hydrogen) atoms. The van der Waals surface area contributed by atoms with Crippen molar-refractivity contribution in [3.05, 3.63) is 57.8 Å². The highest BCUT2D eigenvalue weighted by Crippen LogP contribution is 2.14. The Morgan fingerprint density at radius 3 is 2.38 bits per heavy atom. The zero-order valence-corrected chi connectivity index (χ0v) is 14.2. The van der Waals surface area contributed by atoms with Crippen LogP contribution in [0.5, 0.6) is 0 Å². The van der Waals surface area contributed by atoms with Crippen LogP contribution in [0.4, 0.5) is 0 Å². The quantitative estimate of drug-likeness (QED) is 0.730. The molecule has 1 aromatic carbocycles. The van der Waals surface area contributed by atoms with Crippen molar-refractivity contribution in [2.24, 2.45) is 0 Å². The largest absolute Gasteiger partial charge is 0.308 e. The highest BCUT2D eigenvalue weighted by Gasteiger charge is 2.08. The van der Waals surface area contributed by atoms with Gasteiger partial charge in [0.05, 0.1) is 0 Å². The standard InChI is InChI=1S/C18H26N2S/c1-4-16-6-5-7-17(12-16)13-20(10-9-19(2)3)14-18-8-11-21-15-18/h5-8,11-12,15H,4,9-10,13-14H2,1-3H3. The molecule has 3 heteroatoms. The first-order chi connectivity index (χ1) is 10.2. The van der Waals surface area contributed by atoms with Crippen molar-refractivity contribution >= 4 is 11.3 Å². The summed E-state index contributed by atoms with van der Waals surface area (Å²) in [5.41, 5.74) is 4.27. The molecule has 0 unspecified atom stereocenters. The molecule has 0 aliphatic rings. The Bertz CT molecular complexity index is 520. The summed E-state index contributed by atoms with van der Waals surface area (Å²) in [6, 6.07) is 11.2. The van der Waals surface area contributed by atoms with Gasteiger partial charge in [-0.1, -0.05) is 31.2 Å². The lowest BCUT2D eigenvalue weighted by atomic mass is 10.1. The summed E-state index contributed by atoms with van der Waals surface area (Å²) in [7, 11) is 4.28. The number of nitrogens with zero attached hydrogens (tertiary/aromatic N) is 2. The normalized spacial score (nSPS) is 11.5. The van der Waals surface area contributed by atoms with Crippen LogP contribution < -0.4 is 0 Å². The molecule has 114 valence electrons. The van der Waals surface area contributed by atoms with Crippen LogP contribution in [0.1, 0.15) is 23.6 Å². The number of hydrogen-bond donors (Lipinski definition) is 0. The molecule has 0 fully saturated rings. The Balaban J connectivity index is 2.02. The molecule has 0 N–H and O–H groups in total. The van der Waals surface area contributed by atoms with Gasteiger partial charge in [-0.25, -0.2) is 0 Å². The van der Waals surface area contributed by atoms with Gasteiger partial charge in [0, 0.05) is 26.2 Å². The maximum Gasteiger partial charge on any atom is 0.0246 e. The molecule has 0 spiro atoms. The summed E-state index contributed by atoms with van der Waals surface area (Å²) in [5.74, 6) is 0. The van der Waals surface area contributed by atoms with Gasteiger partial charge < -0.3 is 4.90 Å². The van der Waals surface area contributed by atoms with Crippen molar-refractivity contribution in [2.45, 2.75) is 26.4 Å². The van der Waals surface area contributed by atoms with Crippen LogP contribution in [-0.4, -0.2) is 37.0 Å². The molecule has 2 aromatic rings. The fraction of sp³-hybridized carbons (Fsp3) is 0.444. The summed E-state index contributed by atoms with van der Waals surface area (Å²) in [4.78, 5) is 4.79. The topological polar surface area (TPSA) is 6.48 Å². The molecule has 0 saturated carbocycles. The van der Waals surface area contributed by atoms with Crippen LogP contribution in [0.3, 0.4) is 0 Å². The molecule has 2 nitrogen and oxygen atoms in total. The summed E-state index contributed by atoms with van der Waals surface area (Å²) in [5, 5.41) is 4.42. The van der Waals surface area contributed by atoms with Gasteiger partial charge in [-0.3, -0.25) is 4.90 Å². The SMILES string of the molecule is CCc1cccc(CN(CCN(C)C)Cc2ccsc2)c1. The Morgan fingerprint density at radius 2 is 1.71 bits per heavy atom. The minimum absolute atomic E-state index is 1.03. The van der Waals surface area contributed by atoms with Crippen LogP contribution in [0.2, 0.25) is 0 Å². The average molecular weight is 302 g/mol. The molecule has 0 aliphatic carbocycles. The van der Waals surface area contributed by atoms with Gasteiger partial charge in [-0.15, -0.1) is 0 Å². The fourth-order valence-electron chi connectivity index (χ4n) is 2.40. The van der Waals surface area contributed by atoms with Crippen molar-refractivity contribution in [3.63, 3.8) is 0 Å². The van der Waals surface area contributed by atoms with E-state index in [2.05, 4.69) is 71.9 Å². The molecule has 0 amide bonds. The number of rotatable bonds is 8. The van der Waals surface area contributed by atoms with Gasteiger partial charge in [0.25, 0.3) is 0 Å². The zero-order chi connectivity index (χ0) is 15.1. The van der Waals surface area contributed by atoms with Gasteiger partial charge in [0.15, 0.2) is 0 Å². The third kappa shape index (κ3) is 5.62. The van der Waals surface area contributed by atoms with Crippen molar-refractivity contribution < 1.29 is 0 Å². The molecule has 1 heterocycles. The van der Waals surface area contributed by atoms with E-state index < -0.39 is 0 Å². The van der Waals surface area contributed by atoms with E-state index >= 15 is 0 Å². The number of thiophene rings is 1. The first kappa shape index (κ1) is 16.2. The molecular formula is C18H26N2S. The first-order valence-corrected chi connectivity index (χ1v) is 8.57. The van der Waals surface area contributed by atoms with Crippen LogP contribution in [-0.2, 0) is 19.5 Å². The summed E-state index contributed by atoms with van der Waals surface area (Å²) in [6.07, 6.45) is 1.11. The van der Waals surface area contributed by atoms with Gasteiger partial charge in [-0.05, 0) is 54.0 Å². The van der Waals surface area contributed by atoms with Crippen LogP contribution >= 0.6 is 11.3 Å². The Labute approximate surface area is 133 Å². The molecule has 0 radical (unpaired) electrons. The summed E-state index contributed by atoms with van der Waals surface area (Å²) in [6.45, 7) is 6.47. The third-order valence-corrected chi connectivity index (χ3v) is 4.39. The average Bonchev–Trinajstić information content (AvgIpc) is 2.98. The van der Waals surface area contributed by atoms with E-state index in [0.717, 1.165) is 32.6 Å². The van der Waals surface area contributed by atoms with Crippen LogP contribution in [0.25, 0.3) is 0 Å². The van der Waals surface area contributed by atoms with Crippen LogP contribution in [0, 0.1) is 0 Å². The Kier molecular flexibility index (Phi) is 6.43. The lowest BCUT2D eigenvalue weighted by Gasteiger charge is -2.24. The Morgan fingerprint density at radius 1 is 0.952 bits per heavy atom. The number of benzene rings is 1. The fourth-order valence-corrected chi connectivity index (χ4v) is 3.06. The minimum Gasteiger partial charge on any atom is -0.308 e. The second-order valence-corrected chi connectivity index (χ2v) is 6.60. The lowest BCUT2D eigenvalue weighted by Crippen LogP contribution is -2.31. The Hall–Kier alpha value is -1.16. The van der Waals surface area contributed by atoms with Gasteiger partial charge in [0.1, 0.15) is 0 Å². The second-order valence-electron chi connectivity index (χ2n) is 5.82. The van der Waals surface area contributed by atoms with E-state index in [-0.39, 0.29) is 0 Å². The smallest absolute Gasteiger partial charge is 0.0246 e. The molecule has 1 aromatic heterocycles. The van der Waals surface area contributed by atoms with E-state index in [1.165, 1.54) is 16.7 Å². The molecular weight excluding hydrogens is 276 g/mol. The number of hydrogen-bond acceptors (Lipinski definition) is 3. The molecule has 0 saturated heterocycles. The van der Waals surface area contributed by atoms with Gasteiger partial charge >= 0.3 is 0 Å². The third-order valence-electron chi connectivity index (χ3n) is 3.66. The number of aryl methyl sites for hydroxylation is 1. The first-order valence-electron chi connectivity index (χ1n) is 7.63. The highest BCUT2D eigenvalue weighted by atomic mass is 32.1. The highest BCUT2D eigenvalue weighted by molar-refractivity contribution is 7.07. The van der Waals surface area contributed by atoms with E-state index in [9.17, 15) is 0 Å². The van der Waals surface area contributed by atoms with Crippen molar-refractivity contribution in [2.75, 3.05) is 27.2 Å². The van der Waals surface area contributed by atoms with Crippen molar-refractivity contribution in [1.29, 1.82) is 0 Å². The number of likely N-dealkylation sites (N-methyl/N-ethyl adjacent to an activating group) is 1. The maximum absolute atomic E-state index is 2.54. The van der Waals surface area contributed by atoms with E-state index in [0.29, 0.717) is 0 Å². The maximum atomic E-state index is 2.54. The van der Waals surface area contributed by atoms with E-state index in [1.54, 1.807) is 11.3 Å².